The molecule has 5 heteroatoms. The number of rotatable bonds is 3. The highest BCUT2D eigenvalue weighted by molar-refractivity contribution is 6.02. The second-order valence-electron chi connectivity index (χ2n) is 6.70. The van der Waals surface area contributed by atoms with Crippen LogP contribution in [0.3, 0.4) is 0 Å². The van der Waals surface area contributed by atoms with E-state index < -0.39 is 0 Å². The quantitative estimate of drug-likeness (QED) is 0.691. The molecular weight excluding hydrogens is 314 g/mol. The molecular formula is C20H23N3O2. The van der Waals surface area contributed by atoms with Crippen molar-refractivity contribution >= 4 is 5.71 Å². The lowest BCUT2D eigenvalue weighted by Crippen LogP contribution is -2.35. The lowest BCUT2D eigenvalue weighted by molar-refractivity contribution is 0.0336. The summed E-state index contributed by atoms with van der Waals surface area (Å²) in [6.07, 6.45) is 3.74. The van der Waals surface area contributed by atoms with Crippen LogP contribution in [-0.4, -0.2) is 47.1 Å². The van der Waals surface area contributed by atoms with E-state index >= 15 is 0 Å². The first kappa shape index (κ1) is 16.2. The molecule has 0 bridgehead atoms. The second-order valence-corrected chi connectivity index (χ2v) is 6.70. The van der Waals surface area contributed by atoms with Gasteiger partial charge in [0.1, 0.15) is 0 Å². The van der Waals surface area contributed by atoms with Gasteiger partial charge in [0.25, 0.3) is 0 Å². The molecule has 1 aliphatic heterocycles. The number of hydrogen-bond donors (Lipinski definition) is 1. The molecule has 1 atom stereocenters. The Morgan fingerprint density at radius 2 is 2.00 bits per heavy atom. The summed E-state index contributed by atoms with van der Waals surface area (Å²) in [6, 6.07) is 12.6. The van der Waals surface area contributed by atoms with Gasteiger partial charge >= 0.3 is 0 Å². The number of nitrogens with zero attached hydrogens (tertiary/aromatic N) is 3. The third-order valence-electron chi connectivity index (χ3n) is 5.18. The maximum absolute atomic E-state index is 9.25. The average molecular weight is 337 g/mol. The van der Waals surface area contributed by atoms with Gasteiger partial charge in [0.2, 0.25) is 0 Å². The van der Waals surface area contributed by atoms with Crippen molar-refractivity contribution in [3.63, 3.8) is 0 Å². The van der Waals surface area contributed by atoms with E-state index in [0.717, 1.165) is 62.7 Å². The molecule has 2 heterocycles. The number of benzene rings is 1. The fourth-order valence-electron chi connectivity index (χ4n) is 3.81. The lowest BCUT2D eigenvalue weighted by Gasteiger charge is -2.27. The number of pyridine rings is 1. The molecule has 0 amide bonds. The van der Waals surface area contributed by atoms with Crippen molar-refractivity contribution in [3.05, 3.63) is 65.0 Å². The summed E-state index contributed by atoms with van der Waals surface area (Å²) in [5, 5.41) is 12.7. The Labute approximate surface area is 147 Å². The Kier molecular flexibility index (Phi) is 4.76. The smallest absolute Gasteiger partial charge is 0.0871 e. The van der Waals surface area contributed by atoms with Crippen LogP contribution in [0.5, 0.6) is 0 Å². The standard InChI is InChI=1S/C20H23N3O2/c24-22-20-8-7-17(18-3-1-2-4-19(18)20)15-5-6-16(21-13-15)14-23-9-11-25-12-10-23/h1-6,13,17,24H,7-12,14H2/b22-20+. The summed E-state index contributed by atoms with van der Waals surface area (Å²) in [6.45, 7) is 4.45. The fourth-order valence-corrected chi connectivity index (χ4v) is 3.81. The van der Waals surface area contributed by atoms with Crippen molar-refractivity contribution in [3.8, 4) is 0 Å². The van der Waals surface area contributed by atoms with Gasteiger partial charge in [-0.15, -0.1) is 0 Å². The van der Waals surface area contributed by atoms with Crippen molar-refractivity contribution in [1.82, 2.24) is 9.88 Å². The summed E-state index contributed by atoms with van der Waals surface area (Å²) in [4.78, 5) is 7.08. The van der Waals surface area contributed by atoms with Crippen LogP contribution in [-0.2, 0) is 11.3 Å². The van der Waals surface area contributed by atoms with Crippen molar-refractivity contribution in [1.29, 1.82) is 0 Å². The average Bonchev–Trinajstić information content (AvgIpc) is 2.69. The maximum Gasteiger partial charge on any atom is 0.0871 e. The van der Waals surface area contributed by atoms with Crippen LogP contribution in [0.25, 0.3) is 0 Å². The number of morpholine rings is 1. The van der Waals surface area contributed by atoms with Gasteiger partial charge in [-0.2, -0.15) is 0 Å². The molecule has 1 aliphatic carbocycles. The van der Waals surface area contributed by atoms with Crippen LogP contribution in [0.2, 0.25) is 0 Å². The third kappa shape index (κ3) is 3.43. The highest BCUT2D eigenvalue weighted by Crippen LogP contribution is 2.36. The molecule has 130 valence electrons. The zero-order valence-electron chi connectivity index (χ0n) is 14.3. The molecule has 1 aromatic carbocycles. The number of hydrogen-bond acceptors (Lipinski definition) is 5. The van der Waals surface area contributed by atoms with E-state index in [0.29, 0.717) is 5.92 Å². The van der Waals surface area contributed by atoms with Crippen molar-refractivity contribution in [2.45, 2.75) is 25.3 Å². The highest BCUT2D eigenvalue weighted by atomic mass is 16.5. The van der Waals surface area contributed by atoms with Gasteiger partial charge in [-0.1, -0.05) is 35.5 Å². The molecule has 2 aromatic rings. The highest BCUT2D eigenvalue weighted by Gasteiger charge is 2.25. The zero-order chi connectivity index (χ0) is 17.1. The number of oxime groups is 1. The van der Waals surface area contributed by atoms with Crippen LogP contribution < -0.4 is 0 Å². The third-order valence-corrected chi connectivity index (χ3v) is 5.18. The molecule has 1 aromatic heterocycles. The van der Waals surface area contributed by atoms with Gasteiger partial charge in [-0.05, 0) is 30.0 Å². The Hall–Kier alpha value is -2.24. The molecule has 1 unspecified atom stereocenters. The summed E-state index contributed by atoms with van der Waals surface area (Å²) in [5.41, 5.74) is 5.40. The molecule has 4 rings (SSSR count). The monoisotopic (exact) mass is 337 g/mol. The van der Waals surface area contributed by atoms with Crippen molar-refractivity contribution in [2.24, 2.45) is 5.16 Å². The van der Waals surface area contributed by atoms with Gasteiger partial charge < -0.3 is 9.94 Å². The minimum absolute atomic E-state index is 0.312. The minimum atomic E-state index is 0.312. The predicted octanol–water partition coefficient (Wildman–Crippen LogP) is 3.02. The summed E-state index contributed by atoms with van der Waals surface area (Å²) in [7, 11) is 0. The lowest BCUT2D eigenvalue weighted by atomic mass is 9.78. The Bertz CT molecular complexity index is 752. The van der Waals surface area contributed by atoms with E-state index in [1.165, 1.54) is 11.1 Å². The van der Waals surface area contributed by atoms with Gasteiger partial charge in [-0.3, -0.25) is 9.88 Å². The van der Waals surface area contributed by atoms with Crippen LogP contribution in [0, 0.1) is 0 Å². The van der Waals surface area contributed by atoms with Crippen molar-refractivity contribution < 1.29 is 9.94 Å². The zero-order valence-corrected chi connectivity index (χ0v) is 14.3. The normalized spacial score (nSPS) is 22.7. The first-order valence-corrected chi connectivity index (χ1v) is 8.90. The van der Waals surface area contributed by atoms with Crippen molar-refractivity contribution in [2.75, 3.05) is 26.3 Å². The molecule has 1 fully saturated rings. The second kappa shape index (κ2) is 7.33. The van der Waals surface area contributed by atoms with Gasteiger partial charge in [0.05, 0.1) is 24.6 Å². The molecule has 0 saturated carbocycles. The molecule has 1 N–H and O–H groups in total. The largest absolute Gasteiger partial charge is 0.411 e. The predicted molar refractivity (Wildman–Crippen MR) is 96.2 cm³/mol. The van der Waals surface area contributed by atoms with Gasteiger partial charge in [-0.25, -0.2) is 0 Å². The Balaban J connectivity index is 1.54. The summed E-state index contributed by atoms with van der Waals surface area (Å²) >= 11 is 0. The number of fused-ring (bicyclic) bond motifs is 1. The van der Waals surface area contributed by atoms with E-state index in [1.54, 1.807) is 0 Å². The van der Waals surface area contributed by atoms with Crippen LogP contribution in [0.15, 0.2) is 47.8 Å². The van der Waals surface area contributed by atoms with Gasteiger partial charge in [0, 0.05) is 37.3 Å². The van der Waals surface area contributed by atoms with Gasteiger partial charge in [0.15, 0.2) is 0 Å². The summed E-state index contributed by atoms with van der Waals surface area (Å²) < 4.78 is 5.40. The van der Waals surface area contributed by atoms with Crippen LogP contribution in [0.4, 0.5) is 0 Å². The first-order chi connectivity index (χ1) is 12.3. The van der Waals surface area contributed by atoms with E-state index in [1.807, 2.05) is 24.4 Å². The molecule has 0 spiro atoms. The molecule has 5 nitrogen and oxygen atoms in total. The van der Waals surface area contributed by atoms with Crippen LogP contribution in [0.1, 0.15) is 41.1 Å². The molecule has 0 radical (unpaired) electrons. The Morgan fingerprint density at radius 1 is 1.16 bits per heavy atom. The fraction of sp³-hybridized carbons (Fsp3) is 0.400. The number of ether oxygens (including phenoxy) is 1. The van der Waals surface area contributed by atoms with E-state index in [2.05, 4.69) is 28.3 Å². The Morgan fingerprint density at radius 3 is 2.76 bits per heavy atom. The van der Waals surface area contributed by atoms with E-state index in [4.69, 9.17) is 9.72 Å². The minimum Gasteiger partial charge on any atom is -0.411 e. The van der Waals surface area contributed by atoms with E-state index in [-0.39, 0.29) is 0 Å². The molecule has 1 saturated heterocycles. The molecule has 25 heavy (non-hydrogen) atoms. The topological polar surface area (TPSA) is 58.0 Å². The van der Waals surface area contributed by atoms with Crippen LogP contribution >= 0.6 is 0 Å². The number of aromatic nitrogens is 1. The summed E-state index contributed by atoms with van der Waals surface area (Å²) in [5.74, 6) is 0.312. The first-order valence-electron chi connectivity index (χ1n) is 8.90. The SMILES string of the molecule is O/N=C1\CCC(c2ccc(CN3CCOCC3)nc2)c2ccccc21. The van der Waals surface area contributed by atoms with E-state index in [9.17, 15) is 5.21 Å². The maximum atomic E-state index is 9.25. The molecule has 2 aliphatic rings.